The number of likely N-dealkylation sites (tertiary alicyclic amines) is 1. The fraction of sp³-hybridized carbons (Fsp3) is 0.235. The molecule has 0 radical (unpaired) electrons. The number of anilines is 1. The van der Waals surface area contributed by atoms with E-state index in [1.54, 1.807) is 17.0 Å². The van der Waals surface area contributed by atoms with E-state index in [1.807, 2.05) is 0 Å². The van der Waals surface area contributed by atoms with E-state index >= 15 is 0 Å². The average Bonchev–Trinajstić information content (AvgIpc) is 3.12. The molecule has 1 saturated heterocycles. The van der Waals surface area contributed by atoms with Gasteiger partial charge in [-0.2, -0.15) is 0 Å². The minimum Gasteiger partial charge on any atom is -0.339 e. The molecule has 0 unspecified atom stereocenters. The van der Waals surface area contributed by atoms with E-state index in [9.17, 15) is 13.2 Å². The molecule has 1 heterocycles. The maximum Gasteiger partial charge on any atom is 0.261 e. The van der Waals surface area contributed by atoms with Crippen molar-refractivity contribution in [2.24, 2.45) is 0 Å². The van der Waals surface area contributed by atoms with E-state index in [-0.39, 0.29) is 15.8 Å². The monoisotopic (exact) mass is 398 g/mol. The summed E-state index contributed by atoms with van der Waals surface area (Å²) in [6.07, 6.45) is 1.95. The second-order valence-electron chi connectivity index (χ2n) is 5.76. The van der Waals surface area contributed by atoms with E-state index in [2.05, 4.69) is 4.72 Å². The molecule has 0 aromatic heterocycles. The zero-order chi connectivity index (χ0) is 18.0. The number of nitrogens with one attached hydrogen (secondary N) is 1. The summed E-state index contributed by atoms with van der Waals surface area (Å²) in [7, 11) is -3.84. The number of carbonyl (C=O) groups excluding carboxylic acids is 1. The summed E-state index contributed by atoms with van der Waals surface area (Å²) in [6, 6.07) is 10.5. The molecule has 2 aromatic carbocycles. The molecule has 132 valence electrons. The SMILES string of the molecule is O=C(c1cccc(S(=O)(=O)Nc2ccc(Cl)c(Cl)c2)c1)N1CCCC1. The van der Waals surface area contributed by atoms with Gasteiger partial charge in [-0.15, -0.1) is 0 Å². The number of hydrogen-bond acceptors (Lipinski definition) is 3. The second-order valence-corrected chi connectivity index (χ2v) is 8.26. The van der Waals surface area contributed by atoms with Crippen LogP contribution in [0, 0.1) is 0 Å². The van der Waals surface area contributed by atoms with Gasteiger partial charge in [0.1, 0.15) is 0 Å². The zero-order valence-corrected chi connectivity index (χ0v) is 15.5. The summed E-state index contributed by atoms with van der Waals surface area (Å²) < 4.78 is 27.6. The molecule has 1 N–H and O–H groups in total. The second kappa shape index (κ2) is 7.23. The average molecular weight is 399 g/mol. The molecule has 5 nitrogen and oxygen atoms in total. The van der Waals surface area contributed by atoms with Crippen LogP contribution in [0.2, 0.25) is 10.0 Å². The van der Waals surface area contributed by atoms with Crippen LogP contribution in [0.3, 0.4) is 0 Å². The Balaban J connectivity index is 1.85. The number of carbonyl (C=O) groups is 1. The van der Waals surface area contributed by atoms with Crippen LogP contribution < -0.4 is 4.72 Å². The van der Waals surface area contributed by atoms with Crippen molar-refractivity contribution in [3.05, 3.63) is 58.1 Å². The number of hydrogen-bond donors (Lipinski definition) is 1. The molecule has 0 bridgehead atoms. The lowest BCUT2D eigenvalue weighted by Gasteiger charge is -2.16. The number of nitrogens with zero attached hydrogens (tertiary/aromatic N) is 1. The molecule has 1 amide bonds. The molecule has 0 atom stereocenters. The maximum atomic E-state index is 12.6. The van der Waals surface area contributed by atoms with E-state index in [4.69, 9.17) is 23.2 Å². The van der Waals surface area contributed by atoms with Gasteiger partial charge >= 0.3 is 0 Å². The van der Waals surface area contributed by atoms with Crippen LogP contribution in [0.25, 0.3) is 0 Å². The Morgan fingerprint density at radius 1 is 1.00 bits per heavy atom. The minimum atomic E-state index is -3.84. The summed E-state index contributed by atoms with van der Waals surface area (Å²) in [5.74, 6) is -0.149. The van der Waals surface area contributed by atoms with Gasteiger partial charge in [0.05, 0.1) is 20.6 Å². The predicted octanol–water partition coefficient (Wildman–Crippen LogP) is 4.03. The van der Waals surface area contributed by atoms with Crippen molar-refractivity contribution in [3.8, 4) is 0 Å². The number of halogens is 2. The summed E-state index contributed by atoms with van der Waals surface area (Å²) in [5, 5.41) is 0.586. The third-order valence-corrected chi connectivity index (χ3v) is 6.07. The molecule has 0 spiro atoms. The highest BCUT2D eigenvalue weighted by Crippen LogP contribution is 2.26. The van der Waals surface area contributed by atoms with E-state index in [0.29, 0.717) is 29.4 Å². The Hall–Kier alpha value is -1.76. The Morgan fingerprint density at radius 2 is 1.72 bits per heavy atom. The van der Waals surface area contributed by atoms with E-state index in [0.717, 1.165) is 12.8 Å². The summed E-state index contributed by atoms with van der Waals surface area (Å²) in [6.45, 7) is 1.41. The molecule has 3 rings (SSSR count). The lowest BCUT2D eigenvalue weighted by molar-refractivity contribution is 0.0792. The van der Waals surface area contributed by atoms with Crippen molar-refractivity contribution in [1.82, 2.24) is 4.90 Å². The van der Waals surface area contributed by atoms with Crippen molar-refractivity contribution in [2.75, 3.05) is 17.8 Å². The van der Waals surface area contributed by atoms with Gasteiger partial charge in [-0.1, -0.05) is 29.3 Å². The van der Waals surface area contributed by atoms with Gasteiger partial charge in [0.2, 0.25) is 0 Å². The van der Waals surface area contributed by atoms with Crippen LogP contribution in [0.4, 0.5) is 5.69 Å². The Kier molecular flexibility index (Phi) is 5.22. The van der Waals surface area contributed by atoms with Crippen molar-refractivity contribution in [3.63, 3.8) is 0 Å². The normalized spacial score (nSPS) is 14.6. The standard InChI is InChI=1S/C17H16Cl2N2O3S/c18-15-7-6-13(11-16(15)19)20-25(23,24)14-5-3-4-12(10-14)17(22)21-8-1-2-9-21/h3-7,10-11,20H,1-2,8-9H2. The number of benzene rings is 2. The van der Waals surface area contributed by atoms with Crippen LogP contribution in [0.5, 0.6) is 0 Å². The first-order chi connectivity index (χ1) is 11.9. The van der Waals surface area contributed by atoms with Crippen LogP contribution in [0.1, 0.15) is 23.2 Å². The molecular formula is C17H16Cl2N2O3S. The maximum absolute atomic E-state index is 12.6. The largest absolute Gasteiger partial charge is 0.339 e. The molecule has 25 heavy (non-hydrogen) atoms. The number of rotatable bonds is 4. The van der Waals surface area contributed by atoms with Crippen LogP contribution in [0.15, 0.2) is 47.4 Å². The molecule has 1 aliphatic rings. The van der Waals surface area contributed by atoms with Gasteiger partial charge in [0.15, 0.2) is 0 Å². The zero-order valence-electron chi connectivity index (χ0n) is 13.2. The number of sulfonamides is 1. The summed E-state index contributed by atoms with van der Waals surface area (Å²) in [4.78, 5) is 14.2. The Bertz CT molecular complexity index is 910. The molecule has 0 aliphatic carbocycles. The van der Waals surface area contributed by atoms with Gasteiger partial charge in [-0.25, -0.2) is 8.42 Å². The molecule has 2 aromatic rings. The van der Waals surface area contributed by atoms with Gasteiger partial charge in [0, 0.05) is 18.7 Å². The first-order valence-corrected chi connectivity index (χ1v) is 9.98. The van der Waals surface area contributed by atoms with E-state index < -0.39 is 10.0 Å². The highest BCUT2D eigenvalue weighted by Gasteiger charge is 2.22. The smallest absolute Gasteiger partial charge is 0.261 e. The summed E-state index contributed by atoms with van der Waals surface area (Å²) in [5.41, 5.74) is 0.657. The fourth-order valence-corrected chi connectivity index (χ4v) is 4.07. The quantitative estimate of drug-likeness (QED) is 0.844. The molecule has 1 fully saturated rings. The lowest BCUT2D eigenvalue weighted by Crippen LogP contribution is -2.27. The van der Waals surface area contributed by atoms with Crippen molar-refractivity contribution < 1.29 is 13.2 Å². The van der Waals surface area contributed by atoms with Gasteiger partial charge in [0.25, 0.3) is 15.9 Å². The highest BCUT2D eigenvalue weighted by molar-refractivity contribution is 7.92. The Morgan fingerprint density at radius 3 is 2.40 bits per heavy atom. The minimum absolute atomic E-state index is 0.0172. The van der Waals surface area contributed by atoms with Gasteiger partial charge in [-0.05, 0) is 49.2 Å². The third kappa shape index (κ3) is 4.08. The van der Waals surface area contributed by atoms with Crippen molar-refractivity contribution >= 4 is 44.8 Å². The summed E-state index contributed by atoms with van der Waals surface area (Å²) >= 11 is 11.7. The molecule has 8 heteroatoms. The highest BCUT2D eigenvalue weighted by atomic mass is 35.5. The van der Waals surface area contributed by atoms with Crippen molar-refractivity contribution in [1.29, 1.82) is 0 Å². The Labute approximate surface area is 156 Å². The van der Waals surface area contributed by atoms with Crippen LogP contribution >= 0.6 is 23.2 Å². The molecule has 0 saturated carbocycles. The predicted molar refractivity (Wildman–Crippen MR) is 98.9 cm³/mol. The first kappa shape index (κ1) is 18.0. The van der Waals surface area contributed by atoms with Gasteiger partial charge < -0.3 is 4.90 Å². The van der Waals surface area contributed by atoms with Crippen LogP contribution in [-0.2, 0) is 10.0 Å². The molecular weight excluding hydrogens is 383 g/mol. The molecule has 1 aliphatic heterocycles. The lowest BCUT2D eigenvalue weighted by atomic mass is 10.2. The van der Waals surface area contributed by atoms with Crippen molar-refractivity contribution in [2.45, 2.75) is 17.7 Å². The van der Waals surface area contributed by atoms with Crippen LogP contribution in [-0.4, -0.2) is 32.3 Å². The third-order valence-electron chi connectivity index (χ3n) is 3.96. The first-order valence-electron chi connectivity index (χ1n) is 7.74. The topological polar surface area (TPSA) is 66.5 Å². The number of amides is 1. The van der Waals surface area contributed by atoms with Gasteiger partial charge in [-0.3, -0.25) is 9.52 Å². The fourth-order valence-electron chi connectivity index (χ4n) is 2.67. The van der Waals surface area contributed by atoms with E-state index in [1.165, 1.54) is 30.3 Å².